The molecule has 0 amide bonds. The number of fused-ring (bicyclic) bond motifs is 2. The zero-order chi connectivity index (χ0) is 37.4. The number of ether oxygens (including phenoxy) is 6. The van der Waals surface area contributed by atoms with Crippen LogP contribution in [0.3, 0.4) is 0 Å². The normalized spacial score (nSPS) is 27.9. The molecule has 278 valence electrons. The largest absolute Gasteiger partial charge is 0.508 e. The van der Waals surface area contributed by atoms with Crippen molar-refractivity contribution in [2.75, 3.05) is 20.3 Å². The van der Waals surface area contributed by atoms with Gasteiger partial charge in [-0.05, 0) is 35.9 Å². The lowest BCUT2D eigenvalue weighted by Gasteiger charge is -2.41. The van der Waals surface area contributed by atoms with Crippen molar-refractivity contribution < 1.29 is 83.6 Å². The fourth-order valence-electron chi connectivity index (χ4n) is 5.73. The Labute approximate surface area is 292 Å². The maximum Gasteiger partial charge on any atom is 0.331 e. The van der Waals surface area contributed by atoms with E-state index >= 15 is 0 Å². The van der Waals surface area contributed by atoms with E-state index in [1.54, 1.807) is 0 Å². The zero-order valence-electron chi connectivity index (χ0n) is 27.0. The zero-order valence-corrected chi connectivity index (χ0v) is 27.0. The lowest BCUT2D eigenvalue weighted by Crippen LogP contribution is -2.61. The third kappa shape index (κ3) is 7.14. The van der Waals surface area contributed by atoms with Gasteiger partial charge in [0.25, 0.3) is 0 Å². The number of phenols is 4. The third-order valence-electron chi connectivity index (χ3n) is 8.47. The standard InChI is InChI=1S/C34H34O18/c1-46-19-8-13(2-4-15(19)36)3-7-23(40)52-32-26(41)18(39)11-47-34(32)48-12-22-27(42)29(44)30(45)33(51-22)50-21-10-14(35)9-20-25(21)28(43)24-16(37)5-6-17(38)31(24)49-20/h2-10,18,22,26-27,29-30,32-39,41-42,44-45H,11-12H2,1H3. The van der Waals surface area contributed by atoms with Crippen LogP contribution in [0.2, 0.25) is 0 Å². The smallest absolute Gasteiger partial charge is 0.331 e. The number of rotatable bonds is 9. The quantitative estimate of drug-likeness (QED) is 0.0462. The minimum atomic E-state index is -1.94. The molecule has 52 heavy (non-hydrogen) atoms. The minimum absolute atomic E-state index is 0.122. The molecule has 2 fully saturated rings. The van der Waals surface area contributed by atoms with E-state index in [-0.39, 0.29) is 28.1 Å². The third-order valence-corrected chi connectivity index (χ3v) is 8.47. The number of carbonyl (C=O) groups excluding carboxylic acids is 1. The number of aromatic hydroxyl groups is 4. The van der Waals surface area contributed by atoms with E-state index in [0.717, 1.165) is 30.3 Å². The predicted octanol–water partition coefficient (Wildman–Crippen LogP) is -0.317. The van der Waals surface area contributed by atoms with Gasteiger partial charge in [-0.25, -0.2) is 4.79 Å². The number of benzene rings is 3. The second-order valence-corrected chi connectivity index (χ2v) is 11.9. The van der Waals surface area contributed by atoms with Crippen LogP contribution in [0.4, 0.5) is 0 Å². The summed E-state index contributed by atoms with van der Waals surface area (Å²) in [6.45, 7) is -1.09. The summed E-state index contributed by atoms with van der Waals surface area (Å²) in [5.41, 5.74) is -1.10. The van der Waals surface area contributed by atoms with Gasteiger partial charge in [0.1, 0.15) is 70.2 Å². The van der Waals surface area contributed by atoms with Gasteiger partial charge < -0.3 is 78.8 Å². The first kappa shape index (κ1) is 36.6. The molecule has 18 heteroatoms. The molecule has 3 aromatic carbocycles. The Hall–Kier alpha value is -5.18. The summed E-state index contributed by atoms with van der Waals surface area (Å²) in [6.07, 6.45) is -13.0. The van der Waals surface area contributed by atoms with Crippen molar-refractivity contribution in [1.29, 1.82) is 0 Å². The Balaban J connectivity index is 1.19. The molecule has 9 N–H and O–H groups in total. The van der Waals surface area contributed by atoms with Crippen molar-refractivity contribution in [3.8, 4) is 34.5 Å². The number of aliphatic hydroxyl groups excluding tert-OH is 5. The number of carbonyl (C=O) groups is 1. The van der Waals surface area contributed by atoms with E-state index in [4.69, 9.17) is 32.8 Å². The number of hydrogen-bond donors (Lipinski definition) is 9. The van der Waals surface area contributed by atoms with Crippen molar-refractivity contribution in [3.05, 3.63) is 64.3 Å². The molecule has 0 aliphatic carbocycles. The van der Waals surface area contributed by atoms with Crippen molar-refractivity contribution in [2.45, 2.75) is 55.3 Å². The van der Waals surface area contributed by atoms with Crippen LogP contribution in [0.5, 0.6) is 34.5 Å². The molecular formula is C34H34O18. The van der Waals surface area contributed by atoms with Gasteiger partial charge in [-0.3, -0.25) is 4.79 Å². The number of aliphatic hydroxyl groups is 5. The van der Waals surface area contributed by atoms with Crippen LogP contribution in [0.25, 0.3) is 28.0 Å². The Kier molecular flexibility index (Phi) is 10.4. The van der Waals surface area contributed by atoms with Crippen LogP contribution < -0.4 is 14.9 Å². The van der Waals surface area contributed by atoms with Gasteiger partial charge >= 0.3 is 5.97 Å². The molecule has 4 aromatic rings. The maximum absolute atomic E-state index is 13.5. The van der Waals surface area contributed by atoms with Gasteiger partial charge in [0.15, 0.2) is 35.2 Å². The Morgan fingerprint density at radius 3 is 2.33 bits per heavy atom. The molecule has 9 unspecified atom stereocenters. The fourth-order valence-corrected chi connectivity index (χ4v) is 5.73. The van der Waals surface area contributed by atoms with E-state index in [0.29, 0.717) is 5.56 Å². The average molecular weight is 731 g/mol. The van der Waals surface area contributed by atoms with E-state index < -0.39 is 108 Å². The molecule has 1 aromatic heterocycles. The van der Waals surface area contributed by atoms with Gasteiger partial charge in [-0.15, -0.1) is 0 Å². The molecule has 2 aliphatic rings. The van der Waals surface area contributed by atoms with Crippen LogP contribution in [-0.2, 0) is 23.7 Å². The average Bonchev–Trinajstić information content (AvgIpc) is 3.11. The van der Waals surface area contributed by atoms with E-state index in [2.05, 4.69) is 0 Å². The highest BCUT2D eigenvalue weighted by Crippen LogP contribution is 2.37. The number of hydrogen-bond acceptors (Lipinski definition) is 18. The molecule has 0 spiro atoms. The summed E-state index contributed by atoms with van der Waals surface area (Å²) in [5.74, 6) is -2.88. The molecule has 0 bridgehead atoms. The maximum atomic E-state index is 13.5. The molecule has 3 heterocycles. The lowest BCUT2D eigenvalue weighted by atomic mass is 9.99. The monoisotopic (exact) mass is 730 g/mol. The van der Waals surface area contributed by atoms with E-state index in [1.165, 1.54) is 31.4 Å². The molecule has 0 saturated carbocycles. The number of phenolic OH excluding ortho intramolecular Hbond substituents is 4. The Morgan fingerprint density at radius 2 is 1.58 bits per heavy atom. The van der Waals surface area contributed by atoms with E-state index in [1.807, 2.05) is 0 Å². The van der Waals surface area contributed by atoms with Gasteiger partial charge in [0.05, 0.1) is 20.3 Å². The molecular weight excluding hydrogens is 696 g/mol. The van der Waals surface area contributed by atoms with Crippen LogP contribution in [-0.4, -0.2) is 128 Å². The Bertz CT molecular complexity index is 2040. The van der Waals surface area contributed by atoms with E-state index in [9.17, 15) is 55.5 Å². The SMILES string of the molecule is COc1cc(C=CC(=O)OC2C(OCC3OC(Oc4cc(O)cc5oc6c(O)ccc(O)c6c(=O)c45)C(O)C(O)C3O)OCC(O)C2O)ccc1O. The minimum Gasteiger partial charge on any atom is -0.508 e. The number of esters is 1. The van der Waals surface area contributed by atoms with Crippen LogP contribution in [0.1, 0.15) is 5.56 Å². The van der Waals surface area contributed by atoms with Gasteiger partial charge in [0.2, 0.25) is 11.7 Å². The number of methoxy groups -OCH3 is 1. The van der Waals surface area contributed by atoms with Crippen molar-refractivity contribution in [1.82, 2.24) is 0 Å². The molecule has 0 radical (unpaired) electrons. The molecule has 9 atom stereocenters. The van der Waals surface area contributed by atoms with Gasteiger partial charge in [-0.2, -0.15) is 0 Å². The first-order valence-corrected chi connectivity index (χ1v) is 15.6. The molecule has 2 aliphatic heterocycles. The highest BCUT2D eigenvalue weighted by Gasteiger charge is 2.47. The lowest BCUT2D eigenvalue weighted by molar-refractivity contribution is -0.308. The highest BCUT2D eigenvalue weighted by atomic mass is 16.7. The summed E-state index contributed by atoms with van der Waals surface area (Å²) < 4.78 is 38.5. The molecule has 6 rings (SSSR count). The summed E-state index contributed by atoms with van der Waals surface area (Å²) in [4.78, 5) is 26.2. The summed E-state index contributed by atoms with van der Waals surface area (Å²) >= 11 is 0. The van der Waals surface area contributed by atoms with Crippen molar-refractivity contribution >= 4 is 34.0 Å². The topological polar surface area (TPSA) is 285 Å². The summed E-state index contributed by atoms with van der Waals surface area (Å²) in [7, 11) is 1.35. The summed E-state index contributed by atoms with van der Waals surface area (Å²) in [6, 6.07) is 8.45. The second-order valence-electron chi connectivity index (χ2n) is 11.9. The Morgan fingerprint density at radius 1 is 0.846 bits per heavy atom. The molecule has 18 nitrogen and oxygen atoms in total. The summed E-state index contributed by atoms with van der Waals surface area (Å²) in [5, 5.41) is 92.8. The van der Waals surface area contributed by atoms with Crippen molar-refractivity contribution in [2.24, 2.45) is 0 Å². The van der Waals surface area contributed by atoms with Gasteiger partial charge in [0, 0.05) is 18.2 Å². The highest BCUT2D eigenvalue weighted by molar-refractivity contribution is 5.98. The predicted molar refractivity (Wildman–Crippen MR) is 174 cm³/mol. The fraction of sp³-hybridized carbons (Fsp3) is 0.353. The molecule has 2 saturated heterocycles. The first-order chi connectivity index (χ1) is 24.8. The second kappa shape index (κ2) is 14.8. The first-order valence-electron chi connectivity index (χ1n) is 15.6. The van der Waals surface area contributed by atoms with Crippen LogP contribution in [0, 0.1) is 0 Å². The van der Waals surface area contributed by atoms with Crippen molar-refractivity contribution in [3.63, 3.8) is 0 Å². The van der Waals surface area contributed by atoms with Crippen LogP contribution >= 0.6 is 0 Å². The van der Waals surface area contributed by atoms with Gasteiger partial charge in [-0.1, -0.05) is 6.07 Å². The van der Waals surface area contributed by atoms with Crippen LogP contribution in [0.15, 0.2) is 57.8 Å².